The number of rotatable bonds is 3. The molecule has 1 aliphatic heterocycles. The third-order valence-corrected chi connectivity index (χ3v) is 6.96. The molecule has 3 rings (SSSR count). The second-order valence-electron chi connectivity index (χ2n) is 4.81. The lowest BCUT2D eigenvalue weighted by Gasteiger charge is -2.26. The molecule has 2 aromatic rings. The van der Waals surface area contributed by atoms with Crippen LogP contribution in [0.3, 0.4) is 0 Å². The van der Waals surface area contributed by atoms with E-state index in [-0.39, 0.29) is 11.8 Å². The van der Waals surface area contributed by atoms with Crippen LogP contribution in [-0.2, 0) is 16.4 Å². The number of fused-ring (bicyclic) bond motifs is 1. The van der Waals surface area contributed by atoms with Gasteiger partial charge in [-0.05, 0) is 40.0 Å². The minimum atomic E-state index is -3.10. The molecule has 1 aliphatic rings. The zero-order chi connectivity index (χ0) is 14.2. The van der Waals surface area contributed by atoms with Crippen LogP contribution in [-0.4, -0.2) is 14.2 Å². The van der Waals surface area contributed by atoms with Gasteiger partial charge in [-0.1, -0.05) is 18.2 Å². The smallest absolute Gasteiger partial charge is 0.178 e. The molecule has 0 radical (unpaired) electrons. The molecule has 0 spiro atoms. The summed E-state index contributed by atoms with van der Waals surface area (Å²) in [6, 6.07) is 9.50. The number of thiophene rings is 1. The van der Waals surface area contributed by atoms with Gasteiger partial charge in [0.15, 0.2) is 9.84 Å². The number of halogens is 1. The van der Waals surface area contributed by atoms with Crippen molar-refractivity contribution in [2.24, 2.45) is 0 Å². The summed E-state index contributed by atoms with van der Waals surface area (Å²) in [6.45, 7) is 0.759. The van der Waals surface area contributed by atoms with E-state index in [1.54, 1.807) is 23.5 Å². The summed E-state index contributed by atoms with van der Waals surface area (Å²) >= 11 is 5.13. The fourth-order valence-electron chi connectivity index (χ4n) is 2.47. The van der Waals surface area contributed by atoms with Gasteiger partial charge in [0.2, 0.25) is 0 Å². The number of hydrogen-bond donors (Lipinski definition) is 1. The van der Waals surface area contributed by atoms with Crippen molar-refractivity contribution < 1.29 is 8.42 Å². The lowest BCUT2D eigenvalue weighted by Crippen LogP contribution is -2.29. The highest BCUT2D eigenvalue weighted by atomic mass is 79.9. The van der Waals surface area contributed by atoms with E-state index in [1.165, 1.54) is 4.88 Å². The standard InChI is InChI=1S/C14H14BrNO2S2/c15-10-7-11(19-9-10)8-16-13-5-6-20(17,18)14-4-2-1-3-12(13)14/h1-4,7,9,13,16H,5-6,8H2. The minimum Gasteiger partial charge on any atom is -0.305 e. The average molecular weight is 372 g/mol. The topological polar surface area (TPSA) is 46.2 Å². The summed E-state index contributed by atoms with van der Waals surface area (Å²) in [4.78, 5) is 1.72. The Bertz CT molecular complexity index is 724. The highest BCUT2D eigenvalue weighted by Gasteiger charge is 2.29. The lowest BCUT2D eigenvalue weighted by atomic mass is 10.0. The Morgan fingerprint density at radius 2 is 2.15 bits per heavy atom. The van der Waals surface area contributed by atoms with Gasteiger partial charge in [-0.3, -0.25) is 0 Å². The van der Waals surface area contributed by atoms with Gasteiger partial charge in [-0.15, -0.1) is 11.3 Å². The molecule has 20 heavy (non-hydrogen) atoms. The monoisotopic (exact) mass is 371 g/mol. The second kappa shape index (κ2) is 5.60. The van der Waals surface area contributed by atoms with Gasteiger partial charge in [-0.2, -0.15) is 0 Å². The van der Waals surface area contributed by atoms with Crippen LogP contribution in [0.5, 0.6) is 0 Å². The normalized spacial score (nSPS) is 20.6. The van der Waals surface area contributed by atoms with E-state index in [0.29, 0.717) is 11.3 Å². The molecule has 2 heterocycles. The van der Waals surface area contributed by atoms with Crippen molar-refractivity contribution in [1.29, 1.82) is 0 Å². The molecule has 0 amide bonds. The van der Waals surface area contributed by atoms with E-state index in [1.807, 2.05) is 12.1 Å². The molecular formula is C14H14BrNO2S2. The average Bonchev–Trinajstić information content (AvgIpc) is 2.84. The maximum atomic E-state index is 12.1. The van der Waals surface area contributed by atoms with Crippen molar-refractivity contribution in [3.8, 4) is 0 Å². The molecule has 0 aliphatic carbocycles. The fraction of sp³-hybridized carbons (Fsp3) is 0.286. The zero-order valence-corrected chi connectivity index (χ0v) is 13.9. The van der Waals surface area contributed by atoms with Gasteiger partial charge in [0.05, 0.1) is 10.6 Å². The van der Waals surface area contributed by atoms with E-state index in [4.69, 9.17) is 0 Å². The minimum absolute atomic E-state index is 0.107. The van der Waals surface area contributed by atoms with E-state index in [9.17, 15) is 8.42 Å². The first kappa shape index (κ1) is 14.3. The zero-order valence-electron chi connectivity index (χ0n) is 10.7. The predicted octanol–water partition coefficient (Wildman–Crippen LogP) is 3.52. The summed E-state index contributed by atoms with van der Waals surface area (Å²) in [5.41, 5.74) is 0.898. The summed E-state index contributed by atoms with van der Waals surface area (Å²) < 4.78 is 25.2. The maximum absolute atomic E-state index is 12.1. The third kappa shape index (κ3) is 2.83. The maximum Gasteiger partial charge on any atom is 0.178 e. The van der Waals surface area contributed by atoms with Gasteiger partial charge >= 0.3 is 0 Å². The van der Waals surface area contributed by atoms with Crippen molar-refractivity contribution >= 4 is 37.1 Å². The van der Waals surface area contributed by atoms with Crippen LogP contribution in [0, 0.1) is 0 Å². The molecule has 0 bridgehead atoms. The fourth-order valence-corrected chi connectivity index (χ4v) is 5.50. The molecule has 0 saturated carbocycles. The van der Waals surface area contributed by atoms with Gasteiger partial charge < -0.3 is 5.32 Å². The largest absolute Gasteiger partial charge is 0.305 e. The first-order valence-electron chi connectivity index (χ1n) is 6.34. The van der Waals surface area contributed by atoms with Crippen LogP contribution in [0.2, 0.25) is 0 Å². The Morgan fingerprint density at radius 1 is 1.35 bits per heavy atom. The van der Waals surface area contributed by atoms with Crippen LogP contribution in [0.1, 0.15) is 22.9 Å². The molecule has 1 aromatic heterocycles. The lowest BCUT2D eigenvalue weighted by molar-refractivity contribution is 0.493. The van der Waals surface area contributed by atoms with E-state index < -0.39 is 9.84 Å². The van der Waals surface area contributed by atoms with Crippen molar-refractivity contribution in [3.05, 3.63) is 50.6 Å². The van der Waals surface area contributed by atoms with Gasteiger partial charge in [0, 0.05) is 27.3 Å². The van der Waals surface area contributed by atoms with Crippen molar-refractivity contribution in [1.82, 2.24) is 5.32 Å². The van der Waals surface area contributed by atoms with Crippen LogP contribution in [0.4, 0.5) is 0 Å². The summed E-state index contributed by atoms with van der Waals surface area (Å²) in [6.07, 6.45) is 0.631. The number of hydrogen-bond acceptors (Lipinski definition) is 4. The first-order chi connectivity index (χ1) is 9.56. The van der Waals surface area contributed by atoms with E-state index in [0.717, 1.165) is 16.6 Å². The van der Waals surface area contributed by atoms with Gasteiger partial charge in [0.25, 0.3) is 0 Å². The van der Waals surface area contributed by atoms with Crippen LogP contribution >= 0.6 is 27.3 Å². The summed E-state index contributed by atoms with van der Waals surface area (Å²) in [5.74, 6) is 0.218. The van der Waals surface area contributed by atoms with Crippen molar-refractivity contribution in [2.45, 2.75) is 23.9 Å². The Hall–Kier alpha value is -0.690. The highest BCUT2D eigenvalue weighted by molar-refractivity contribution is 9.10. The van der Waals surface area contributed by atoms with E-state index >= 15 is 0 Å². The van der Waals surface area contributed by atoms with Crippen LogP contribution in [0.25, 0.3) is 0 Å². The molecule has 1 atom stereocenters. The number of benzene rings is 1. The summed E-state index contributed by atoms with van der Waals surface area (Å²) in [7, 11) is -3.10. The number of nitrogens with one attached hydrogen (secondary N) is 1. The highest BCUT2D eigenvalue weighted by Crippen LogP contribution is 2.32. The Kier molecular flexibility index (Phi) is 3.99. The molecule has 1 unspecified atom stereocenters. The molecule has 6 heteroatoms. The van der Waals surface area contributed by atoms with Crippen LogP contribution < -0.4 is 5.32 Å². The quantitative estimate of drug-likeness (QED) is 0.897. The molecule has 0 fully saturated rings. The van der Waals surface area contributed by atoms with Gasteiger partial charge in [-0.25, -0.2) is 8.42 Å². The third-order valence-electron chi connectivity index (χ3n) is 3.45. The SMILES string of the molecule is O=S1(=O)CCC(NCc2cc(Br)cs2)c2ccccc21. The molecule has 1 N–H and O–H groups in total. The van der Waals surface area contributed by atoms with Gasteiger partial charge in [0.1, 0.15) is 0 Å². The van der Waals surface area contributed by atoms with Crippen LogP contribution in [0.15, 0.2) is 45.1 Å². The molecule has 106 valence electrons. The Balaban J connectivity index is 1.82. The number of sulfone groups is 1. The molecule has 1 aromatic carbocycles. The molecular weight excluding hydrogens is 358 g/mol. The first-order valence-corrected chi connectivity index (χ1v) is 9.67. The predicted molar refractivity (Wildman–Crippen MR) is 84.7 cm³/mol. The van der Waals surface area contributed by atoms with E-state index in [2.05, 4.69) is 32.7 Å². The summed E-state index contributed by atoms with van der Waals surface area (Å²) in [5, 5.41) is 5.52. The Morgan fingerprint density at radius 3 is 2.90 bits per heavy atom. The molecule has 3 nitrogen and oxygen atoms in total. The van der Waals surface area contributed by atoms with Crippen molar-refractivity contribution in [3.63, 3.8) is 0 Å². The molecule has 0 saturated heterocycles. The second-order valence-corrected chi connectivity index (χ2v) is 8.80. The van der Waals surface area contributed by atoms with Crippen molar-refractivity contribution in [2.75, 3.05) is 5.75 Å². The Labute approximate surface area is 131 Å².